The molecule has 0 bridgehead atoms. The molecule has 0 spiro atoms. The lowest BCUT2D eigenvalue weighted by Crippen LogP contribution is -2.67. The minimum absolute atomic E-state index is 0.0276. The van der Waals surface area contributed by atoms with Crippen molar-refractivity contribution in [2.45, 2.75) is 32.4 Å². The van der Waals surface area contributed by atoms with Gasteiger partial charge in [0, 0.05) is 23.3 Å². The van der Waals surface area contributed by atoms with Crippen LogP contribution in [0, 0.1) is 5.41 Å². The molecule has 0 saturated carbocycles. The summed E-state index contributed by atoms with van der Waals surface area (Å²) in [5.74, 6) is -1.47. The van der Waals surface area contributed by atoms with Crippen LogP contribution in [0.15, 0.2) is 53.9 Å². The van der Waals surface area contributed by atoms with E-state index in [2.05, 4.69) is 34.6 Å². The lowest BCUT2D eigenvalue weighted by atomic mass is 9.74. The fourth-order valence-corrected chi connectivity index (χ4v) is 5.73. The lowest BCUT2D eigenvalue weighted by molar-refractivity contribution is -0.156. The second-order valence-electron chi connectivity index (χ2n) is 9.47. The zero-order chi connectivity index (χ0) is 24.7. The van der Waals surface area contributed by atoms with Crippen molar-refractivity contribution in [2.24, 2.45) is 5.41 Å². The summed E-state index contributed by atoms with van der Waals surface area (Å²) in [4.78, 5) is 42.3. The molecule has 9 heteroatoms. The van der Waals surface area contributed by atoms with Crippen molar-refractivity contribution in [1.82, 2.24) is 15.2 Å². The van der Waals surface area contributed by atoms with Gasteiger partial charge in [-0.05, 0) is 22.3 Å². The largest absolute Gasteiger partial charge is 0.480 e. The second kappa shape index (κ2) is 8.81. The van der Waals surface area contributed by atoms with Crippen LogP contribution in [-0.4, -0.2) is 52.2 Å². The average molecular weight is 492 g/mol. The normalized spacial score (nSPS) is 17.8. The number of rotatable bonds is 6. The summed E-state index contributed by atoms with van der Waals surface area (Å²) < 4.78 is 5.53. The molecule has 2 aromatic carbocycles. The quantitative estimate of drug-likeness (QED) is 0.537. The molecule has 35 heavy (non-hydrogen) atoms. The fourth-order valence-electron chi connectivity index (χ4n) is 5.02. The third-order valence-corrected chi connectivity index (χ3v) is 7.47. The van der Waals surface area contributed by atoms with Crippen molar-refractivity contribution < 1.29 is 24.2 Å². The molecular weight excluding hydrogens is 466 g/mol. The summed E-state index contributed by atoms with van der Waals surface area (Å²) in [6.45, 7) is 4.32. The Morgan fingerprint density at radius 3 is 2.34 bits per heavy atom. The van der Waals surface area contributed by atoms with Gasteiger partial charge >= 0.3 is 12.1 Å². The molecule has 2 amide bonds. The highest BCUT2D eigenvalue weighted by Crippen LogP contribution is 2.44. The van der Waals surface area contributed by atoms with Gasteiger partial charge in [0.2, 0.25) is 0 Å². The van der Waals surface area contributed by atoms with Crippen molar-refractivity contribution >= 4 is 29.3 Å². The van der Waals surface area contributed by atoms with Crippen LogP contribution in [0.2, 0.25) is 0 Å². The first kappa shape index (κ1) is 23.0. The zero-order valence-electron chi connectivity index (χ0n) is 19.4. The van der Waals surface area contributed by atoms with E-state index in [4.69, 9.17) is 4.74 Å². The number of carboxylic acids is 1. The molecule has 1 atom stereocenters. The number of alkyl carbamates (subject to hydrolysis) is 1. The summed E-state index contributed by atoms with van der Waals surface area (Å²) in [6.07, 6.45) is -0.564. The standard InChI is InChI=1S/C26H25N3O5S/c1-26(2)14-29(22(26)24(31)32)23(30)20-13-35-21(28-20)11-27-25(33)34-12-19-17-9-5-3-7-15(17)16-8-4-6-10-18(16)19/h3-10,13,19,22H,11-12,14H2,1-2H3,(H,27,33)(H,31,32). The molecule has 1 aromatic heterocycles. The van der Waals surface area contributed by atoms with Crippen molar-refractivity contribution in [3.05, 3.63) is 75.7 Å². The highest BCUT2D eigenvalue weighted by atomic mass is 32.1. The van der Waals surface area contributed by atoms with Gasteiger partial charge in [-0.3, -0.25) is 4.79 Å². The van der Waals surface area contributed by atoms with Crippen molar-refractivity contribution in [1.29, 1.82) is 0 Å². The molecule has 2 heterocycles. The first-order valence-corrected chi connectivity index (χ1v) is 12.2. The van der Waals surface area contributed by atoms with Gasteiger partial charge in [-0.1, -0.05) is 62.4 Å². The molecule has 2 aliphatic rings. The third-order valence-electron chi connectivity index (χ3n) is 6.62. The molecule has 3 aromatic rings. The number of hydrogen-bond acceptors (Lipinski definition) is 6. The van der Waals surface area contributed by atoms with Crippen molar-refractivity contribution in [2.75, 3.05) is 13.2 Å². The van der Waals surface area contributed by atoms with Crippen molar-refractivity contribution in [3.8, 4) is 11.1 Å². The Morgan fingerprint density at radius 1 is 1.11 bits per heavy atom. The Labute approximate surface area is 206 Å². The monoisotopic (exact) mass is 491 g/mol. The Hall–Kier alpha value is -3.72. The molecule has 5 rings (SSSR count). The Bertz CT molecular complexity index is 1270. The Balaban J connectivity index is 1.17. The second-order valence-corrected chi connectivity index (χ2v) is 10.4. The molecule has 1 aliphatic carbocycles. The van der Waals surface area contributed by atoms with E-state index in [-0.39, 0.29) is 24.8 Å². The van der Waals surface area contributed by atoms with E-state index in [9.17, 15) is 19.5 Å². The van der Waals surface area contributed by atoms with E-state index in [0.717, 1.165) is 22.3 Å². The molecule has 1 saturated heterocycles. The number of hydrogen-bond donors (Lipinski definition) is 2. The highest BCUT2D eigenvalue weighted by molar-refractivity contribution is 7.09. The van der Waals surface area contributed by atoms with E-state index in [1.54, 1.807) is 5.38 Å². The SMILES string of the molecule is CC1(C)CN(C(=O)c2csc(CNC(=O)OCC3c4ccccc4-c4ccccc43)n2)C1C(=O)O. The predicted octanol–water partition coefficient (Wildman–Crippen LogP) is 4.12. The van der Waals surface area contributed by atoms with Crippen LogP contribution in [0.4, 0.5) is 4.79 Å². The van der Waals surface area contributed by atoms with Gasteiger partial charge in [0.05, 0.1) is 6.54 Å². The van der Waals surface area contributed by atoms with E-state index in [1.165, 1.54) is 16.2 Å². The van der Waals surface area contributed by atoms with Crippen LogP contribution in [0.3, 0.4) is 0 Å². The van der Waals surface area contributed by atoms with Gasteiger partial charge < -0.3 is 20.1 Å². The minimum atomic E-state index is -1.03. The van der Waals surface area contributed by atoms with E-state index >= 15 is 0 Å². The number of fused-ring (bicyclic) bond motifs is 3. The molecule has 8 nitrogen and oxygen atoms in total. The maximum Gasteiger partial charge on any atom is 0.407 e. The van der Waals surface area contributed by atoms with Gasteiger partial charge in [0.15, 0.2) is 0 Å². The number of carboxylic acid groups (broad SMARTS) is 1. The van der Waals surface area contributed by atoms with Crippen LogP contribution in [0.25, 0.3) is 11.1 Å². The molecule has 180 valence electrons. The fraction of sp³-hybridized carbons (Fsp3) is 0.308. The van der Waals surface area contributed by atoms with Crippen LogP contribution < -0.4 is 5.32 Å². The topological polar surface area (TPSA) is 109 Å². The molecule has 1 aliphatic heterocycles. The van der Waals surface area contributed by atoms with Gasteiger partial charge in [0.25, 0.3) is 5.91 Å². The maximum absolute atomic E-state index is 12.7. The Kier molecular flexibility index (Phi) is 5.80. The Morgan fingerprint density at radius 2 is 1.74 bits per heavy atom. The van der Waals surface area contributed by atoms with Gasteiger partial charge in [-0.2, -0.15) is 0 Å². The van der Waals surface area contributed by atoms with E-state index < -0.39 is 29.4 Å². The summed E-state index contributed by atoms with van der Waals surface area (Å²) in [7, 11) is 0. The number of nitrogens with one attached hydrogen (secondary N) is 1. The van der Waals surface area contributed by atoms with Crippen molar-refractivity contribution in [3.63, 3.8) is 0 Å². The van der Waals surface area contributed by atoms with Crippen LogP contribution in [0.1, 0.15) is 46.4 Å². The minimum Gasteiger partial charge on any atom is -0.480 e. The average Bonchev–Trinajstić information content (AvgIpc) is 3.42. The molecule has 0 radical (unpaired) electrons. The van der Waals surface area contributed by atoms with E-state index in [1.807, 2.05) is 38.1 Å². The van der Waals surface area contributed by atoms with Crippen LogP contribution in [-0.2, 0) is 16.1 Å². The van der Waals surface area contributed by atoms with Crippen LogP contribution >= 0.6 is 11.3 Å². The predicted molar refractivity (Wildman–Crippen MR) is 130 cm³/mol. The number of carbonyl (C=O) groups is 3. The number of carbonyl (C=O) groups excluding carboxylic acids is 2. The number of likely N-dealkylation sites (tertiary alicyclic amines) is 1. The molecule has 1 unspecified atom stereocenters. The highest BCUT2D eigenvalue weighted by Gasteiger charge is 2.53. The first-order valence-electron chi connectivity index (χ1n) is 11.3. The summed E-state index contributed by atoms with van der Waals surface area (Å²) in [6, 6.07) is 15.4. The third kappa shape index (κ3) is 4.16. The van der Waals surface area contributed by atoms with Gasteiger partial charge in [-0.25, -0.2) is 14.6 Å². The van der Waals surface area contributed by atoms with E-state index in [0.29, 0.717) is 11.6 Å². The smallest absolute Gasteiger partial charge is 0.407 e. The molecule has 1 fully saturated rings. The number of thiazole rings is 1. The summed E-state index contributed by atoms with van der Waals surface area (Å²) in [5, 5.41) is 14.3. The summed E-state index contributed by atoms with van der Waals surface area (Å²) >= 11 is 1.23. The maximum atomic E-state index is 12.7. The number of benzene rings is 2. The number of ether oxygens (including phenoxy) is 1. The number of aromatic nitrogens is 1. The molecule has 2 N–H and O–H groups in total. The van der Waals surface area contributed by atoms with Gasteiger partial charge in [-0.15, -0.1) is 11.3 Å². The summed E-state index contributed by atoms with van der Waals surface area (Å²) in [5.41, 5.74) is 4.30. The zero-order valence-corrected chi connectivity index (χ0v) is 20.2. The number of nitrogens with zero attached hydrogens (tertiary/aromatic N) is 2. The first-order chi connectivity index (χ1) is 16.8. The molecular formula is C26H25N3O5S. The lowest BCUT2D eigenvalue weighted by Gasteiger charge is -2.51. The van der Waals surface area contributed by atoms with Gasteiger partial charge in [0.1, 0.15) is 23.4 Å². The number of aliphatic carboxylic acids is 1. The van der Waals surface area contributed by atoms with Crippen LogP contribution in [0.5, 0.6) is 0 Å². The number of amides is 2.